The van der Waals surface area contributed by atoms with Gasteiger partial charge < -0.3 is 11.1 Å². The van der Waals surface area contributed by atoms with Gasteiger partial charge in [-0.25, -0.2) is 0 Å². The van der Waals surface area contributed by atoms with Crippen molar-refractivity contribution in [2.75, 3.05) is 0 Å². The van der Waals surface area contributed by atoms with E-state index in [-0.39, 0.29) is 24.4 Å². The van der Waals surface area contributed by atoms with Crippen LogP contribution in [0.1, 0.15) is 38.8 Å². The second-order valence-corrected chi connectivity index (χ2v) is 4.91. The van der Waals surface area contributed by atoms with E-state index in [1.807, 2.05) is 20.2 Å². The van der Waals surface area contributed by atoms with Crippen LogP contribution < -0.4 is 11.1 Å². The van der Waals surface area contributed by atoms with Crippen molar-refractivity contribution in [3.05, 3.63) is 18.0 Å². The molecule has 1 heterocycles. The van der Waals surface area contributed by atoms with Gasteiger partial charge in [0, 0.05) is 18.8 Å². The quantitative estimate of drug-likeness (QED) is 0.852. The molecular weight excluding hydrogens is 252 g/mol. The molecule has 1 unspecified atom stereocenters. The molecule has 3 N–H and O–H groups in total. The number of aryl methyl sites for hydroxylation is 1. The first-order valence-corrected chi connectivity index (χ1v) is 5.94. The number of hydrogen-bond acceptors (Lipinski definition) is 3. The molecular formula is C12H23ClN4O. The van der Waals surface area contributed by atoms with E-state index in [0.717, 1.165) is 5.56 Å². The van der Waals surface area contributed by atoms with E-state index in [1.54, 1.807) is 10.9 Å². The average molecular weight is 275 g/mol. The first-order chi connectivity index (χ1) is 7.90. The highest BCUT2D eigenvalue weighted by molar-refractivity contribution is 5.85. The van der Waals surface area contributed by atoms with Gasteiger partial charge >= 0.3 is 0 Å². The summed E-state index contributed by atoms with van der Waals surface area (Å²) in [6, 6.07) is -0.497. The predicted octanol–water partition coefficient (Wildman–Crippen LogP) is 1.39. The lowest BCUT2D eigenvalue weighted by Gasteiger charge is -2.17. The highest BCUT2D eigenvalue weighted by atomic mass is 35.5. The Morgan fingerprint density at radius 3 is 2.56 bits per heavy atom. The number of carbonyl (C=O) groups is 1. The van der Waals surface area contributed by atoms with Gasteiger partial charge in [0.05, 0.1) is 18.3 Å². The topological polar surface area (TPSA) is 72.9 Å². The Kier molecular flexibility index (Phi) is 6.94. The van der Waals surface area contributed by atoms with Crippen molar-refractivity contribution >= 4 is 18.3 Å². The predicted molar refractivity (Wildman–Crippen MR) is 74.4 cm³/mol. The second kappa shape index (κ2) is 7.38. The van der Waals surface area contributed by atoms with Crippen LogP contribution >= 0.6 is 12.4 Å². The molecule has 0 saturated carbocycles. The number of rotatable bonds is 5. The first kappa shape index (κ1) is 16.9. The van der Waals surface area contributed by atoms with Crippen LogP contribution in [-0.4, -0.2) is 21.7 Å². The molecule has 2 atom stereocenters. The molecule has 0 aliphatic carbocycles. The lowest BCUT2D eigenvalue weighted by molar-refractivity contribution is -0.123. The minimum atomic E-state index is -0.436. The summed E-state index contributed by atoms with van der Waals surface area (Å²) in [4.78, 5) is 11.8. The molecule has 18 heavy (non-hydrogen) atoms. The van der Waals surface area contributed by atoms with Crippen molar-refractivity contribution < 1.29 is 4.79 Å². The van der Waals surface area contributed by atoms with E-state index in [1.165, 1.54) is 0 Å². The van der Waals surface area contributed by atoms with E-state index in [0.29, 0.717) is 12.3 Å². The Bertz CT molecular complexity index is 378. The molecule has 1 amide bonds. The van der Waals surface area contributed by atoms with Gasteiger partial charge in [0.25, 0.3) is 0 Å². The van der Waals surface area contributed by atoms with Crippen LogP contribution in [-0.2, 0) is 11.8 Å². The molecule has 5 nitrogen and oxygen atoms in total. The van der Waals surface area contributed by atoms with Crippen LogP contribution in [0.3, 0.4) is 0 Å². The number of hydrogen-bond donors (Lipinski definition) is 2. The maximum absolute atomic E-state index is 11.8. The average Bonchev–Trinajstić information content (AvgIpc) is 2.63. The third kappa shape index (κ3) is 5.06. The molecule has 0 saturated heterocycles. The van der Waals surface area contributed by atoms with Gasteiger partial charge in [-0.1, -0.05) is 13.8 Å². The number of nitrogens with two attached hydrogens (primary N) is 1. The summed E-state index contributed by atoms with van der Waals surface area (Å²) in [5.41, 5.74) is 6.80. The maximum atomic E-state index is 11.8. The van der Waals surface area contributed by atoms with E-state index >= 15 is 0 Å². The number of amides is 1. The standard InChI is InChI=1S/C12H22N4O.ClH/c1-8(2)5-11(13)12(17)15-9(3)10-6-14-16(4)7-10;/h6-9,11H,5,13H2,1-4H3,(H,15,17);1H/t9?,11-;/m0./s1. The smallest absolute Gasteiger partial charge is 0.237 e. The SMILES string of the molecule is CC(C)C[C@H](N)C(=O)NC(C)c1cnn(C)c1.Cl. The molecule has 1 rings (SSSR count). The number of carbonyl (C=O) groups excluding carboxylic acids is 1. The van der Waals surface area contributed by atoms with Gasteiger partial charge in [-0.15, -0.1) is 12.4 Å². The largest absolute Gasteiger partial charge is 0.348 e. The van der Waals surface area contributed by atoms with Crippen LogP contribution in [0.15, 0.2) is 12.4 Å². The Morgan fingerprint density at radius 1 is 1.50 bits per heavy atom. The Balaban J connectivity index is 0.00000289. The van der Waals surface area contributed by atoms with Crippen molar-refractivity contribution in [1.29, 1.82) is 0 Å². The van der Waals surface area contributed by atoms with E-state index in [4.69, 9.17) is 5.73 Å². The van der Waals surface area contributed by atoms with Crippen molar-refractivity contribution in [2.24, 2.45) is 18.7 Å². The summed E-state index contributed by atoms with van der Waals surface area (Å²) < 4.78 is 1.71. The fourth-order valence-corrected chi connectivity index (χ4v) is 1.68. The molecule has 0 spiro atoms. The summed E-state index contributed by atoms with van der Waals surface area (Å²) in [7, 11) is 1.85. The molecule has 0 aliphatic rings. The van der Waals surface area contributed by atoms with Crippen LogP contribution in [0, 0.1) is 5.92 Å². The fourth-order valence-electron chi connectivity index (χ4n) is 1.68. The summed E-state index contributed by atoms with van der Waals surface area (Å²) in [5.74, 6) is 0.319. The minimum absolute atomic E-state index is 0. The molecule has 0 aliphatic heterocycles. The molecule has 0 fully saturated rings. The van der Waals surface area contributed by atoms with Gasteiger partial charge in [-0.3, -0.25) is 9.48 Å². The van der Waals surface area contributed by atoms with Crippen LogP contribution in [0.4, 0.5) is 0 Å². The lowest BCUT2D eigenvalue weighted by Crippen LogP contribution is -2.42. The van der Waals surface area contributed by atoms with Gasteiger partial charge in [0.15, 0.2) is 0 Å². The van der Waals surface area contributed by atoms with Gasteiger partial charge in [-0.2, -0.15) is 5.10 Å². The normalized spacial score (nSPS) is 13.9. The van der Waals surface area contributed by atoms with Crippen LogP contribution in [0.5, 0.6) is 0 Å². The molecule has 1 aromatic heterocycles. The number of nitrogens with zero attached hydrogens (tertiary/aromatic N) is 2. The monoisotopic (exact) mass is 274 g/mol. The Hall–Kier alpha value is -1.07. The van der Waals surface area contributed by atoms with Gasteiger partial charge in [-0.05, 0) is 19.3 Å². The summed E-state index contributed by atoms with van der Waals surface area (Å²) in [6.45, 7) is 6.03. The third-order valence-corrected chi connectivity index (χ3v) is 2.65. The molecule has 0 bridgehead atoms. The summed E-state index contributed by atoms with van der Waals surface area (Å²) >= 11 is 0. The zero-order chi connectivity index (χ0) is 13.0. The highest BCUT2D eigenvalue weighted by Gasteiger charge is 2.18. The fraction of sp³-hybridized carbons (Fsp3) is 0.667. The first-order valence-electron chi connectivity index (χ1n) is 5.94. The van der Waals surface area contributed by atoms with E-state index < -0.39 is 6.04 Å². The summed E-state index contributed by atoms with van der Waals surface area (Å²) in [6.07, 6.45) is 4.34. The van der Waals surface area contributed by atoms with Crippen molar-refractivity contribution in [3.8, 4) is 0 Å². The number of halogens is 1. The van der Waals surface area contributed by atoms with Crippen molar-refractivity contribution in [1.82, 2.24) is 15.1 Å². The molecule has 0 radical (unpaired) electrons. The molecule has 0 aromatic carbocycles. The number of nitrogens with one attached hydrogen (secondary N) is 1. The van der Waals surface area contributed by atoms with Crippen LogP contribution in [0.25, 0.3) is 0 Å². The zero-order valence-electron chi connectivity index (χ0n) is 11.4. The second-order valence-electron chi connectivity index (χ2n) is 4.91. The maximum Gasteiger partial charge on any atom is 0.237 e. The summed E-state index contributed by atoms with van der Waals surface area (Å²) in [5, 5.41) is 6.97. The van der Waals surface area contributed by atoms with Gasteiger partial charge in [0.2, 0.25) is 5.91 Å². The van der Waals surface area contributed by atoms with E-state index in [9.17, 15) is 4.79 Å². The molecule has 1 aromatic rings. The highest BCUT2D eigenvalue weighted by Crippen LogP contribution is 2.11. The Morgan fingerprint density at radius 2 is 2.11 bits per heavy atom. The van der Waals surface area contributed by atoms with Crippen LogP contribution in [0.2, 0.25) is 0 Å². The number of aromatic nitrogens is 2. The van der Waals surface area contributed by atoms with E-state index in [2.05, 4.69) is 24.3 Å². The molecule has 104 valence electrons. The van der Waals surface area contributed by atoms with Crippen molar-refractivity contribution in [2.45, 2.75) is 39.3 Å². The lowest BCUT2D eigenvalue weighted by atomic mass is 10.0. The van der Waals surface area contributed by atoms with Crippen molar-refractivity contribution in [3.63, 3.8) is 0 Å². The zero-order valence-corrected chi connectivity index (χ0v) is 12.2. The van der Waals surface area contributed by atoms with Gasteiger partial charge in [0.1, 0.15) is 0 Å². The third-order valence-electron chi connectivity index (χ3n) is 2.65. The molecule has 6 heteroatoms. The minimum Gasteiger partial charge on any atom is -0.348 e. The Labute approximate surface area is 115 Å².